The molecular formula is C19H18FN5OS3. The predicted molar refractivity (Wildman–Crippen MR) is 116 cm³/mol. The van der Waals surface area contributed by atoms with Gasteiger partial charge < -0.3 is 5.32 Å². The summed E-state index contributed by atoms with van der Waals surface area (Å²) in [6.07, 6.45) is 0. The van der Waals surface area contributed by atoms with Gasteiger partial charge in [-0.25, -0.2) is 4.39 Å². The third-order valence-electron chi connectivity index (χ3n) is 4.15. The molecule has 2 heterocycles. The number of aromatic nitrogens is 3. The molecule has 0 saturated heterocycles. The van der Waals surface area contributed by atoms with Gasteiger partial charge in [0.05, 0.1) is 11.3 Å². The van der Waals surface area contributed by atoms with Crippen LogP contribution in [0.25, 0.3) is 5.69 Å². The van der Waals surface area contributed by atoms with Gasteiger partial charge in [0.1, 0.15) is 17.7 Å². The van der Waals surface area contributed by atoms with Crippen molar-refractivity contribution in [2.75, 3.05) is 16.8 Å². The van der Waals surface area contributed by atoms with Crippen LogP contribution in [0.2, 0.25) is 0 Å². The van der Waals surface area contributed by atoms with Gasteiger partial charge in [-0.1, -0.05) is 41.8 Å². The third-order valence-corrected chi connectivity index (χ3v) is 7.22. The van der Waals surface area contributed by atoms with E-state index in [9.17, 15) is 14.4 Å². The van der Waals surface area contributed by atoms with Crippen LogP contribution in [0.3, 0.4) is 0 Å². The zero-order valence-electron chi connectivity index (χ0n) is 16.0. The number of nitrogens with one attached hydrogen (secondary N) is 1. The maximum Gasteiger partial charge on any atom is 0.235 e. The van der Waals surface area contributed by atoms with Crippen molar-refractivity contribution in [3.8, 4) is 11.8 Å². The molecule has 0 unspecified atom stereocenters. The van der Waals surface area contributed by atoms with E-state index in [1.54, 1.807) is 28.5 Å². The number of anilines is 1. The summed E-state index contributed by atoms with van der Waals surface area (Å²) in [5.74, 6) is 0.834. The molecule has 29 heavy (non-hydrogen) atoms. The number of nitrogens with zero attached hydrogens (tertiary/aromatic N) is 4. The molecule has 3 aromatic rings. The fourth-order valence-corrected chi connectivity index (χ4v) is 5.42. The third kappa shape index (κ3) is 4.80. The van der Waals surface area contributed by atoms with Crippen LogP contribution < -0.4 is 5.32 Å². The highest BCUT2D eigenvalue weighted by Crippen LogP contribution is 2.31. The summed E-state index contributed by atoms with van der Waals surface area (Å²) in [6.45, 7) is 5.73. The minimum Gasteiger partial charge on any atom is -0.310 e. The quantitative estimate of drug-likeness (QED) is 0.524. The van der Waals surface area contributed by atoms with E-state index in [2.05, 4.69) is 21.6 Å². The van der Waals surface area contributed by atoms with E-state index in [4.69, 9.17) is 0 Å². The van der Waals surface area contributed by atoms with E-state index in [0.717, 1.165) is 25.7 Å². The highest BCUT2D eigenvalue weighted by atomic mass is 32.2. The molecule has 1 N–H and O–H groups in total. The number of hydrogen-bond acceptors (Lipinski definition) is 7. The van der Waals surface area contributed by atoms with Gasteiger partial charge >= 0.3 is 0 Å². The molecular weight excluding hydrogens is 429 g/mol. The fraction of sp³-hybridized carbons (Fsp3) is 0.263. The molecule has 10 heteroatoms. The van der Waals surface area contributed by atoms with Crippen LogP contribution in [0.15, 0.2) is 32.9 Å². The lowest BCUT2D eigenvalue weighted by molar-refractivity contribution is -0.113. The first-order valence-electron chi connectivity index (χ1n) is 8.71. The highest BCUT2D eigenvalue weighted by Gasteiger charge is 2.21. The summed E-state index contributed by atoms with van der Waals surface area (Å²) < 4.78 is 16.7. The molecule has 0 fully saturated rings. The standard InChI is InChI=1S/C19H18FN5OS3/c1-4-27-18-23-24-19(29-18)28-10-16(26)22-17-15(9-21)11(2)12(3)25(17)14-7-5-13(20)6-8-14/h5-8H,4,10H2,1-3H3,(H,22,26). The maximum absolute atomic E-state index is 13.3. The van der Waals surface area contributed by atoms with Gasteiger partial charge in [-0.2, -0.15) is 5.26 Å². The number of rotatable bonds is 7. The summed E-state index contributed by atoms with van der Waals surface area (Å²) in [7, 11) is 0. The van der Waals surface area contributed by atoms with E-state index in [1.165, 1.54) is 35.2 Å². The van der Waals surface area contributed by atoms with E-state index in [0.29, 0.717) is 17.1 Å². The first-order valence-corrected chi connectivity index (χ1v) is 11.5. The van der Waals surface area contributed by atoms with Crippen molar-refractivity contribution in [1.29, 1.82) is 5.26 Å². The molecule has 1 amide bonds. The Bertz CT molecular complexity index is 1070. The maximum atomic E-state index is 13.3. The number of halogens is 1. The van der Waals surface area contributed by atoms with Crippen LogP contribution in [0, 0.1) is 31.0 Å². The Labute approximate surface area is 180 Å². The smallest absolute Gasteiger partial charge is 0.235 e. The summed E-state index contributed by atoms with van der Waals surface area (Å²) in [5, 5.41) is 20.6. The minimum atomic E-state index is -0.351. The van der Waals surface area contributed by atoms with Gasteiger partial charge in [0.15, 0.2) is 8.68 Å². The first-order chi connectivity index (χ1) is 13.9. The molecule has 150 valence electrons. The Kier molecular flexibility index (Phi) is 6.95. The topological polar surface area (TPSA) is 83.6 Å². The van der Waals surface area contributed by atoms with Crippen LogP contribution in [-0.2, 0) is 4.79 Å². The van der Waals surface area contributed by atoms with Gasteiger partial charge in [-0.3, -0.25) is 9.36 Å². The average molecular weight is 448 g/mol. The highest BCUT2D eigenvalue weighted by molar-refractivity contribution is 8.03. The molecule has 0 bridgehead atoms. The van der Waals surface area contributed by atoms with Crippen LogP contribution in [0.1, 0.15) is 23.7 Å². The number of hydrogen-bond donors (Lipinski definition) is 1. The molecule has 0 aliphatic rings. The molecule has 0 aliphatic carbocycles. The van der Waals surface area contributed by atoms with Crippen molar-refractivity contribution < 1.29 is 9.18 Å². The molecule has 0 radical (unpaired) electrons. The number of amides is 1. The Balaban J connectivity index is 1.82. The second-order valence-electron chi connectivity index (χ2n) is 5.96. The van der Waals surface area contributed by atoms with Crippen molar-refractivity contribution >= 4 is 46.6 Å². The van der Waals surface area contributed by atoms with Crippen molar-refractivity contribution in [3.63, 3.8) is 0 Å². The lowest BCUT2D eigenvalue weighted by Gasteiger charge is -2.13. The SMILES string of the molecule is CCSc1nnc(SCC(=O)Nc2c(C#N)c(C)c(C)n2-c2ccc(F)cc2)s1. The van der Waals surface area contributed by atoms with Gasteiger partial charge in [0, 0.05) is 11.4 Å². The lowest BCUT2D eigenvalue weighted by Crippen LogP contribution is -2.17. The second kappa shape index (κ2) is 9.43. The normalized spacial score (nSPS) is 10.7. The first kappa shape index (κ1) is 21.4. The van der Waals surface area contributed by atoms with Crippen LogP contribution in [0.5, 0.6) is 0 Å². The van der Waals surface area contributed by atoms with Crippen molar-refractivity contribution in [2.45, 2.75) is 29.5 Å². The van der Waals surface area contributed by atoms with Gasteiger partial charge in [-0.15, -0.1) is 10.2 Å². The van der Waals surface area contributed by atoms with Crippen LogP contribution in [0.4, 0.5) is 10.2 Å². The van der Waals surface area contributed by atoms with Crippen molar-refractivity contribution in [1.82, 2.24) is 14.8 Å². The Morgan fingerprint density at radius 3 is 2.52 bits per heavy atom. The minimum absolute atomic E-state index is 0.142. The van der Waals surface area contributed by atoms with Crippen molar-refractivity contribution in [3.05, 3.63) is 46.9 Å². The molecule has 0 spiro atoms. The Morgan fingerprint density at radius 1 is 1.24 bits per heavy atom. The number of nitriles is 1. The molecule has 0 atom stereocenters. The Morgan fingerprint density at radius 2 is 1.90 bits per heavy atom. The van der Waals surface area contributed by atoms with Crippen LogP contribution >= 0.6 is 34.9 Å². The summed E-state index contributed by atoms with van der Waals surface area (Å²) >= 11 is 4.36. The van der Waals surface area contributed by atoms with Gasteiger partial charge in [-0.05, 0) is 49.4 Å². The van der Waals surface area contributed by atoms with E-state index >= 15 is 0 Å². The molecule has 2 aromatic heterocycles. The van der Waals surface area contributed by atoms with E-state index in [1.807, 2.05) is 20.8 Å². The Hall–Kier alpha value is -2.35. The summed E-state index contributed by atoms with van der Waals surface area (Å²) in [6, 6.07) is 8.08. The number of benzene rings is 1. The fourth-order valence-electron chi connectivity index (χ4n) is 2.71. The van der Waals surface area contributed by atoms with Gasteiger partial charge in [0.2, 0.25) is 5.91 Å². The van der Waals surface area contributed by atoms with Gasteiger partial charge in [0.25, 0.3) is 0 Å². The molecule has 1 aromatic carbocycles. The summed E-state index contributed by atoms with van der Waals surface area (Å²) in [4.78, 5) is 12.6. The zero-order chi connectivity index (χ0) is 21.0. The average Bonchev–Trinajstić information content (AvgIpc) is 3.24. The van der Waals surface area contributed by atoms with E-state index < -0.39 is 0 Å². The van der Waals surface area contributed by atoms with Crippen molar-refractivity contribution in [2.24, 2.45) is 0 Å². The molecule has 3 rings (SSSR count). The number of carbonyl (C=O) groups is 1. The monoisotopic (exact) mass is 447 g/mol. The number of carbonyl (C=O) groups excluding carboxylic acids is 1. The molecule has 0 saturated carbocycles. The zero-order valence-corrected chi connectivity index (χ0v) is 18.5. The van der Waals surface area contributed by atoms with Crippen LogP contribution in [-0.4, -0.2) is 32.2 Å². The molecule has 6 nitrogen and oxygen atoms in total. The summed E-state index contributed by atoms with van der Waals surface area (Å²) in [5.41, 5.74) is 2.64. The van der Waals surface area contributed by atoms with E-state index in [-0.39, 0.29) is 17.5 Å². The number of thioether (sulfide) groups is 2. The largest absolute Gasteiger partial charge is 0.310 e. The predicted octanol–water partition coefficient (Wildman–Crippen LogP) is 4.80. The lowest BCUT2D eigenvalue weighted by atomic mass is 10.2. The molecule has 0 aliphatic heterocycles. The second-order valence-corrected chi connectivity index (χ2v) is 9.67.